The van der Waals surface area contributed by atoms with Crippen LogP contribution in [0.15, 0.2) is 16.9 Å². The van der Waals surface area contributed by atoms with Crippen LogP contribution in [0.5, 0.6) is 0 Å². The first-order valence-electron chi connectivity index (χ1n) is 5.49. The Kier molecular flexibility index (Phi) is 3.78. The first-order valence-corrected chi connectivity index (χ1v) is 6.48. The van der Waals surface area contributed by atoms with Crippen molar-refractivity contribution in [2.24, 2.45) is 7.05 Å². The van der Waals surface area contributed by atoms with Gasteiger partial charge in [-0.05, 0) is 29.7 Å². The van der Waals surface area contributed by atoms with Crippen LogP contribution < -0.4 is 0 Å². The second kappa shape index (κ2) is 5.31. The normalized spacial score (nSPS) is 14.8. The second-order valence-electron chi connectivity index (χ2n) is 3.91. The molecule has 0 saturated heterocycles. The van der Waals surface area contributed by atoms with Crippen molar-refractivity contribution in [3.8, 4) is 0 Å². The van der Waals surface area contributed by atoms with Crippen molar-refractivity contribution in [3.63, 3.8) is 0 Å². The van der Waals surface area contributed by atoms with Gasteiger partial charge in [0.25, 0.3) is 0 Å². The van der Waals surface area contributed by atoms with Gasteiger partial charge in [0.05, 0.1) is 5.75 Å². The molecule has 1 aromatic rings. The average molecular weight is 253 g/mol. The fourth-order valence-electron chi connectivity index (χ4n) is 1.69. The van der Waals surface area contributed by atoms with Crippen LogP contribution in [0.25, 0.3) is 0 Å². The van der Waals surface area contributed by atoms with E-state index in [0.717, 1.165) is 25.0 Å². The zero-order valence-corrected chi connectivity index (χ0v) is 10.8. The number of nitrogens with zero attached hydrogens (tertiary/aromatic N) is 5. The maximum absolute atomic E-state index is 11.9. The van der Waals surface area contributed by atoms with E-state index >= 15 is 0 Å². The van der Waals surface area contributed by atoms with Gasteiger partial charge in [0.2, 0.25) is 11.1 Å². The molecule has 0 spiro atoms. The highest BCUT2D eigenvalue weighted by atomic mass is 32.2. The lowest BCUT2D eigenvalue weighted by molar-refractivity contribution is -0.125. The summed E-state index contributed by atoms with van der Waals surface area (Å²) in [5.41, 5.74) is 1.13. The van der Waals surface area contributed by atoms with Gasteiger partial charge in [-0.25, -0.2) is 4.68 Å². The van der Waals surface area contributed by atoms with E-state index in [9.17, 15) is 4.79 Å². The van der Waals surface area contributed by atoms with Crippen molar-refractivity contribution in [2.45, 2.75) is 24.4 Å². The van der Waals surface area contributed by atoms with Crippen molar-refractivity contribution in [1.82, 2.24) is 25.1 Å². The molecule has 0 saturated carbocycles. The van der Waals surface area contributed by atoms with Gasteiger partial charge >= 0.3 is 0 Å². The molecule has 0 atom stereocenters. The Hall–Kier alpha value is -1.37. The van der Waals surface area contributed by atoms with Gasteiger partial charge in [0.1, 0.15) is 0 Å². The van der Waals surface area contributed by atoms with Crippen LogP contribution in [0, 0.1) is 0 Å². The SMILES string of the molecule is CN(C(=O)CSc1nnnn1C)C1=CCCC1. The van der Waals surface area contributed by atoms with Crippen molar-refractivity contribution < 1.29 is 4.79 Å². The molecule has 2 rings (SSSR count). The van der Waals surface area contributed by atoms with Crippen LogP contribution in [0.4, 0.5) is 0 Å². The highest BCUT2D eigenvalue weighted by Crippen LogP contribution is 2.21. The summed E-state index contributed by atoms with van der Waals surface area (Å²) in [7, 11) is 3.59. The number of aromatic nitrogens is 4. The van der Waals surface area contributed by atoms with Crippen molar-refractivity contribution in [2.75, 3.05) is 12.8 Å². The number of tetrazole rings is 1. The van der Waals surface area contributed by atoms with E-state index in [1.807, 2.05) is 7.05 Å². The molecule has 92 valence electrons. The molecule has 0 radical (unpaired) electrons. The van der Waals surface area contributed by atoms with Crippen molar-refractivity contribution in [1.29, 1.82) is 0 Å². The van der Waals surface area contributed by atoms with Gasteiger partial charge < -0.3 is 4.90 Å². The van der Waals surface area contributed by atoms with Gasteiger partial charge in [-0.3, -0.25) is 4.79 Å². The van der Waals surface area contributed by atoms with E-state index in [4.69, 9.17) is 0 Å². The lowest BCUT2D eigenvalue weighted by atomic mass is 10.3. The van der Waals surface area contributed by atoms with Gasteiger partial charge in [-0.15, -0.1) is 5.10 Å². The quantitative estimate of drug-likeness (QED) is 0.744. The molecule has 0 aromatic carbocycles. The Morgan fingerprint density at radius 1 is 1.65 bits per heavy atom. The number of rotatable bonds is 4. The van der Waals surface area contributed by atoms with E-state index < -0.39 is 0 Å². The highest BCUT2D eigenvalue weighted by molar-refractivity contribution is 7.99. The summed E-state index contributed by atoms with van der Waals surface area (Å²) in [6, 6.07) is 0. The molecular weight excluding hydrogens is 238 g/mol. The van der Waals surface area contributed by atoms with Crippen molar-refractivity contribution in [3.05, 3.63) is 11.8 Å². The summed E-state index contributed by atoms with van der Waals surface area (Å²) >= 11 is 1.36. The zero-order valence-electron chi connectivity index (χ0n) is 9.96. The second-order valence-corrected chi connectivity index (χ2v) is 4.86. The summed E-state index contributed by atoms with van der Waals surface area (Å²) < 4.78 is 1.56. The number of carbonyl (C=O) groups is 1. The minimum atomic E-state index is 0.0890. The lowest BCUT2D eigenvalue weighted by Gasteiger charge is -2.17. The Balaban J connectivity index is 1.87. The summed E-state index contributed by atoms with van der Waals surface area (Å²) in [4.78, 5) is 13.7. The number of allylic oxidation sites excluding steroid dienone is 2. The number of aryl methyl sites for hydroxylation is 1. The average Bonchev–Trinajstić information content (AvgIpc) is 2.96. The van der Waals surface area contributed by atoms with E-state index in [-0.39, 0.29) is 5.91 Å². The van der Waals surface area contributed by atoms with Crippen LogP contribution in [0.3, 0.4) is 0 Å². The maximum Gasteiger partial charge on any atom is 0.236 e. The molecule has 0 bridgehead atoms. The fraction of sp³-hybridized carbons (Fsp3) is 0.600. The smallest absolute Gasteiger partial charge is 0.236 e. The third-order valence-electron chi connectivity index (χ3n) is 2.73. The lowest BCUT2D eigenvalue weighted by Crippen LogP contribution is -2.27. The van der Waals surface area contributed by atoms with Crippen molar-refractivity contribution >= 4 is 17.7 Å². The molecule has 17 heavy (non-hydrogen) atoms. The fourth-order valence-corrected chi connectivity index (χ4v) is 2.45. The monoisotopic (exact) mass is 253 g/mol. The summed E-state index contributed by atoms with van der Waals surface area (Å²) in [6.07, 6.45) is 5.35. The molecule has 0 unspecified atom stereocenters. The number of thioether (sulfide) groups is 1. The minimum Gasteiger partial charge on any atom is -0.319 e. The number of hydrogen-bond donors (Lipinski definition) is 0. The van der Waals surface area contributed by atoms with E-state index in [1.165, 1.54) is 11.8 Å². The molecular formula is C10H15N5OS. The minimum absolute atomic E-state index is 0.0890. The zero-order chi connectivity index (χ0) is 12.3. The molecule has 1 amide bonds. The van der Waals surface area contributed by atoms with E-state index in [0.29, 0.717) is 10.9 Å². The predicted molar refractivity (Wildman–Crippen MR) is 64.2 cm³/mol. The Bertz CT molecular complexity index is 442. The van der Waals surface area contributed by atoms with Gasteiger partial charge in [-0.2, -0.15) is 0 Å². The number of carbonyl (C=O) groups excluding carboxylic acids is 1. The van der Waals surface area contributed by atoms with Gasteiger partial charge in [0.15, 0.2) is 0 Å². The van der Waals surface area contributed by atoms with E-state index in [1.54, 1.807) is 16.6 Å². The van der Waals surface area contributed by atoms with Gasteiger partial charge in [0, 0.05) is 19.8 Å². The number of hydrogen-bond acceptors (Lipinski definition) is 5. The van der Waals surface area contributed by atoms with Crippen LogP contribution in [0.2, 0.25) is 0 Å². The molecule has 6 nitrogen and oxygen atoms in total. The summed E-state index contributed by atoms with van der Waals surface area (Å²) in [5.74, 6) is 0.452. The Morgan fingerprint density at radius 3 is 3.06 bits per heavy atom. The van der Waals surface area contributed by atoms with Crippen LogP contribution in [-0.4, -0.2) is 43.8 Å². The third-order valence-corrected chi connectivity index (χ3v) is 3.72. The van der Waals surface area contributed by atoms with Gasteiger partial charge in [-0.1, -0.05) is 17.8 Å². The predicted octanol–water partition coefficient (Wildman–Crippen LogP) is 0.828. The summed E-state index contributed by atoms with van der Waals surface area (Å²) in [5, 5.41) is 11.7. The molecule has 7 heteroatoms. The van der Waals surface area contributed by atoms with Crippen LogP contribution >= 0.6 is 11.8 Å². The molecule has 0 fully saturated rings. The van der Waals surface area contributed by atoms with E-state index in [2.05, 4.69) is 21.6 Å². The van der Waals surface area contributed by atoms with Crippen LogP contribution in [-0.2, 0) is 11.8 Å². The summed E-state index contributed by atoms with van der Waals surface area (Å²) in [6.45, 7) is 0. The third kappa shape index (κ3) is 2.85. The number of amides is 1. The molecule has 1 aliphatic carbocycles. The Morgan fingerprint density at radius 2 is 2.47 bits per heavy atom. The molecule has 1 heterocycles. The standard InChI is InChI=1S/C10H15N5OS/c1-14(8-5-3-4-6-8)9(16)7-17-10-11-12-13-15(10)2/h5H,3-4,6-7H2,1-2H3. The van der Waals surface area contributed by atoms with Crippen LogP contribution in [0.1, 0.15) is 19.3 Å². The maximum atomic E-state index is 11.9. The Labute approximate surface area is 104 Å². The molecule has 0 N–H and O–H groups in total. The topological polar surface area (TPSA) is 63.9 Å². The molecule has 1 aromatic heterocycles. The molecule has 1 aliphatic rings. The first-order chi connectivity index (χ1) is 8.18. The molecule has 0 aliphatic heterocycles. The largest absolute Gasteiger partial charge is 0.319 e. The first kappa shape index (κ1) is 12.1. The highest BCUT2D eigenvalue weighted by Gasteiger charge is 2.17.